The fourth-order valence-electron chi connectivity index (χ4n) is 2.29. The summed E-state index contributed by atoms with van der Waals surface area (Å²) in [6, 6.07) is 6.97. The summed E-state index contributed by atoms with van der Waals surface area (Å²) < 4.78 is 0. The number of benzene rings is 1. The van der Waals surface area contributed by atoms with E-state index < -0.39 is 0 Å². The highest BCUT2D eigenvalue weighted by Crippen LogP contribution is 2.23. The van der Waals surface area contributed by atoms with E-state index in [2.05, 4.69) is 61.4 Å². The Hall–Kier alpha value is -1.26. The predicted molar refractivity (Wildman–Crippen MR) is 90.0 cm³/mol. The standard InChI is InChI=1S/C17H25N3S/c1-5-9-18-15(6-2)17-20-19-16(21-17)11-14-8-7-12(3)13(4)10-14/h7-8,10,15,18H,5-6,9,11H2,1-4H3. The van der Waals surface area contributed by atoms with E-state index in [1.807, 2.05) is 0 Å². The molecule has 1 aromatic carbocycles. The molecule has 0 radical (unpaired) electrons. The lowest BCUT2D eigenvalue weighted by Crippen LogP contribution is -2.21. The molecular weight excluding hydrogens is 278 g/mol. The Morgan fingerprint density at radius 3 is 2.62 bits per heavy atom. The number of nitrogens with zero attached hydrogens (tertiary/aromatic N) is 2. The van der Waals surface area contributed by atoms with E-state index in [-0.39, 0.29) is 0 Å². The first-order valence-electron chi connectivity index (χ1n) is 7.75. The Morgan fingerprint density at radius 2 is 1.95 bits per heavy atom. The van der Waals surface area contributed by atoms with E-state index in [4.69, 9.17) is 0 Å². The number of rotatable bonds is 7. The Bertz CT molecular complexity index is 577. The lowest BCUT2D eigenvalue weighted by Gasteiger charge is -2.12. The Morgan fingerprint density at radius 1 is 1.14 bits per heavy atom. The number of aromatic nitrogens is 2. The first kappa shape index (κ1) is 16.1. The molecular formula is C17H25N3S. The van der Waals surface area contributed by atoms with Crippen molar-refractivity contribution in [3.63, 3.8) is 0 Å². The quantitative estimate of drug-likeness (QED) is 0.833. The number of nitrogens with one attached hydrogen (secondary N) is 1. The molecule has 0 aliphatic heterocycles. The topological polar surface area (TPSA) is 37.8 Å². The van der Waals surface area contributed by atoms with E-state index in [1.165, 1.54) is 16.7 Å². The van der Waals surface area contributed by atoms with Crippen molar-refractivity contribution >= 4 is 11.3 Å². The highest BCUT2D eigenvalue weighted by atomic mass is 32.1. The molecule has 21 heavy (non-hydrogen) atoms. The summed E-state index contributed by atoms with van der Waals surface area (Å²) in [6.07, 6.45) is 3.08. The normalized spacial score (nSPS) is 12.6. The van der Waals surface area contributed by atoms with Crippen molar-refractivity contribution in [1.29, 1.82) is 0 Å². The summed E-state index contributed by atoms with van der Waals surface area (Å²) in [5.41, 5.74) is 4.00. The van der Waals surface area contributed by atoms with Crippen LogP contribution in [0.4, 0.5) is 0 Å². The van der Waals surface area contributed by atoms with Crippen molar-refractivity contribution in [2.24, 2.45) is 0 Å². The van der Waals surface area contributed by atoms with Crippen molar-refractivity contribution < 1.29 is 0 Å². The van der Waals surface area contributed by atoms with Crippen molar-refractivity contribution in [3.05, 3.63) is 44.9 Å². The van der Waals surface area contributed by atoms with Gasteiger partial charge in [-0.05, 0) is 49.9 Å². The van der Waals surface area contributed by atoms with Gasteiger partial charge in [0.05, 0.1) is 6.04 Å². The molecule has 0 bridgehead atoms. The van der Waals surface area contributed by atoms with E-state index in [9.17, 15) is 0 Å². The summed E-state index contributed by atoms with van der Waals surface area (Å²) in [7, 11) is 0. The lowest BCUT2D eigenvalue weighted by molar-refractivity contribution is 0.513. The first-order chi connectivity index (χ1) is 10.1. The van der Waals surface area contributed by atoms with Crippen LogP contribution in [-0.2, 0) is 6.42 Å². The summed E-state index contributed by atoms with van der Waals surface area (Å²) in [5, 5.41) is 14.5. The second-order valence-electron chi connectivity index (χ2n) is 5.54. The third kappa shape index (κ3) is 4.35. The molecule has 1 unspecified atom stereocenters. The molecule has 2 aromatic rings. The highest BCUT2D eigenvalue weighted by molar-refractivity contribution is 7.11. The summed E-state index contributed by atoms with van der Waals surface area (Å²) >= 11 is 1.74. The van der Waals surface area contributed by atoms with Crippen molar-refractivity contribution in [3.8, 4) is 0 Å². The van der Waals surface area contributed by atoms with E-state index in [0.717, 1.165) is 35.8 Å². The Kier molecular flexibility index (Phi) is 5.88. The zero-order valence-corrected chi connectivity index (χ0v) is 14.3. The smallest absolute Gasteiger partial charge is 0.134 e. The summed E-state index contributed by atoms with van der Waals surface area (Å²) in [6.45, 7) is 9.72. The van der Waals surface area contributed by atoms with Gasteiger partial charge < -0.3 is 5.32 Å². The van der Waals surface area contributed by atoms with E-state index in [0.29, 0.717) is 6.04 Å². The van der Waals surface area contributed by atoms with Gasteiger partial charge in [-0.25, -0.2) is 0 Å². The molecule has 0 aliphatic rings. The first-order valence-corrected chi connectivity index (χ1v) is 8.57. The van der Waals surface area contributed by atoms with Gasteiger partial charge in [0.2, 0.25) is 0 Å². The summed E-state index contributed by atoms with van der Waals surface area (Å²) in [5.74, 6) is 0. The van der Waals surface area contributed by atoms with Gasteiger partial charge in [0.1, 0.15) is 10.0 Å². The molecule has 0 aliphatic carbocycles. The van der Waals surface area contributed by atoms with Gasteiger partial charge in [-0.3, -0.25) is 0 Å². The minimum absolute atomic E-state index is 0.343. The maximum atomic E-state index is 4.38. The van der Waals surface area contributed by atoms with Crippen LogP contribution >= 0.6 is 11.3 Å². The van der Waals surface area contributed by atoms with Gasteiger partial charge in [0.15, 0.2) is 0 Å². The van der Waals surface area contributed by atoms with Gasteiger partial charge in [0, 0.05) is 6.42 Å². The molecule has 2 rings (SSSR count). The minimum atomic E-state index is 0.343. The number of aryl methyl sites for hydroxylation is 2. The molecule has 3 nitrogen and oxygen atoms in total. The highest BCUT2D eigenvalue weighted by Gasteiger charge is 2.14. The van der Waals surface area contributed by atoms with Gasteiger partial charge in [0.25, 0.3) is 0 Å². The molecule has 1 heterocycles. The summed E-state index contributed by atoms with van der Waals surface area (Å²) in [4.78, 5) is 0. The second-order valence-corrected chi connectivity index (χ2v) is 6.64. The monoisotopic (exact) mass is 303 g/mol. The SMILES string of the molecule is CCCNC(CC)c1nnc(Cc2ccc(C)c(C)c2)s1. The molecule has 1 N–H and O–H groups in total. The van der Waals surface area contributed by atoms with Crippen LogP contribution in [0.3, 0.4) is 0 Å². The van der Waals surface area contributed by atoms with Crippen LogP contribution < -0.4 is 5.32 Å². The third-order valence-electron chi connectivity index (χ3n) is 3.76. The molecule has 0 spiro atoms. The molecule has 114 valence electrons. The van der Waals surface area contributed by atoms with E-state index in [1.54, 1.807) is 11.3 Å². The van der Waals surface area contributed by atoms with Crippen molar-refractivity contribution in [2.75, 3.05) is 6.54 Å². The average Bonchev–Trinajstić information content (AvgIpc) is 2.92. The van der Waals surface area contributed by atoms with Crippen LogP contribution in [0.15, 0.2) is 18.2 Å². The van der Waals surface area contributed by atoms with Gasteiger partial charge in [-0.2, -0.15) is 0 Å². The Labute approximate surface area is 131 Å². The molecule has 1 aromatic heterocycles. The molecule has 0 saturated heterocycles. The van der Waals surface area contributed by atoms with Gasteiger partial charge in [-0.1, -0.05) is 43.4 Å². The zero-order valence-electron chi connectivity index (χ0n) is 13.4. The lowest BCUT2D eigenvalue weighted by atomic mass is 10.0. The minimum Gasteiger partial charge on any atom is -0.308 e. The molecule has 0 amide bonds. The van der Waals surface area contributed by atoms with Crippen LogP contribution in [0.2, 0.25) is 0 Å². The molecule has 1 atom stereocenters. The average molecular weight is 303 g/mol. The van der Waals surface area contributed by atoms with Crippen molar-refractivity contribution in [1.82, 2.24) is 15.5 Å². The zero-order chi connectivity index (χ0) is 15.2. The largest absolute Gasteiger partial charge is 0.308 e. The molecule has 4 heteroatoms. The van der Waals surface area contributed by atoms with Crippen LogP contribution in [0, 0.1) is 13.8 Å². The fraction of sp³-hybridized carbons (Fsp3) is 0.529. The molecule has 0 saturated carbocycles. The maximum absolute atomic E-state index is 4.38. The van der Waals surface area contributed by atoms with E-state index >= 15 is 0 Å². The van der Waals surface area contributed by atoms with Crippen LogP contribution in [0.25, 0.3) is 0 Å². The van der Waals surface area contributed by atoms with Crippen LogP contribution in [-0.4, -0.2) is 16.7 Å². The fourth-order valence-corrected chi connectivity index (χ4v) is 3.33. The van der Waals surface area contributed by atoms with Crippen LogP contribution in [0.5, 0.6) is 0 Å². The number of hydrogen-bond acceptors (Lipinski definition) is 4. The third-order valence-corrected chi connectivity index (χ3v) is 4.79. The van der Waals surface area contributed by atoms with Crippen molar-refractivity contribution in [2.45, 2.75) is 53.0 Å². The van der Waals surface area contributed by atoms with Gasteiger partial charge in [-0.15, -0.1) is 10.2 Å². The number of hydrogen-bond donors (Lipinski definition) is 1. The maximum Gasteiger partial charge on any atom is 0.134 e. The molecule has 0 fully saturated rings. The van der Waals surface area contributed by atoms with Crippen LogP contribution in [0.1, 0.15) is 59.4 Å². The Balaban J connectivity index is 2.06. The van der Waals surface area contributed by atoms with Gasteiger partial charge >= 0.3 is 0 Å². The predicted octanol–water partition coefficient (Wildman–Crippen LogP) is 4.20. The second kappa shape index (κ2) is 7.66.